The van der Waals surface area contributed by atoms with Gasteiger partial charge in [0.1, 0.15) is 0 Å². The molecule has 2 aromatic rings. The number of hydrogen-bond donors (Lipinski definition) is 2. The molecule has 0 aliphatic carbocycles. The summed E-state index contributed by atoms with van der Waals surface area (Å²) >= 11 is 0. The Labute approximate surface area is 124 Å². The maximum Gasteiger partial charge on any atom is 0.240 e. The Balaban J connectivity index is 1.85. The van der Waals surface area contributed by atoms with E-state index in [4.69, 9.17) is 14.4 Å². The number of ether oxygens (including phenoxy) is 1. The summed E-state index contributed by atoms with van der Waals surface area (Å²) in [5, 5.41) is 16.2. The molecule has 0 amide bonds. The number of aromatic nitrogens is 2. The molecule has 1 unspecified atom stereocenters. The van der Waals surface area contributed by atoms with Gasteiger partial charge in [0.2, 0.25) is 5.89 Å². The number of nitrogens with one attached hydrogen (secondary N) is 1. The first kappa shape index (κ1) is 15.6. The first-order valence-electron chi connectivity index (χ1n) is 7.00. The predicted molar refractivity (Wildman–Crippen MR) is 77.8 cm³/mol. The maximum atomic E-state index is 8.98. The largest absolute Gasteiger partial charge is 0.396 e. The van der Waals surface area contributed by atoms with Crippen molar-refractivity contribution >= 4 is 0 Å². The molecule has 0 aliphatic heterocycles. The Bertz CT molecular complexity index is 510. The van der Waals surface area contributed by atoms with Crippen molar-refractivity contribution in [2.75, 3.05) is 20.3 Å². The Morgan fingerprint density at radius 3 is 2.86 bits per heavy atom. The standard InChI is InChI=1S/C15H21N3O3/c1-20-11-13(7-8-19)16-10-15-17-14(18-21-15)9-12-5-3-2-4-6-12/h2-6,13,16,19H,7-11H2,1H3. The van der Waals surface area contributed by atoms with Crippen LogP contribution in [0, 0.1) is 0 Å². The predicted octanol–water partition coefficient (Wildman–Crippen LogP) is 1.15. The molecule has 0 aliphatic rings. The van der Waals surface area contributed by atoms with E-state index in [0.29, 0.717) is 37.7 Å². The molecule has 114 valence electrons. The lowest BCUT2D eigenvalue weighted by atomic mass is 10.1. The third-order valence-corrected chi connectivity index (χ3v) is 3.10. The molecule has 21 heavy (non-hydrogen) atoms. The molecule has 0 bridgehead atoms. The summed E-state index contributed by atoms with van der Waals surface area (Å²) in [5.74, 6) is 1.21. The highest BCUT2D eigenvalue weighted by Crippen LogP contribution is 2.06. The molecule has 1 aromatic carbocycles. The van der Waals surface area contributed by atoms with E-state index in [9.17, 15) is 0 Å². The molecular formula is C15H21N3O3. The average Bonchev–Trinajstić information content (AvgIpc) is 2.94. The molecule has 1 heterocycles. The van der Waals surface area contributed by atoms with Crippen molar-refractivity contribution < 1.29 is 14.4 Å². The van der Waals surface area contributed by atoms with Gasteiger partial charge in [0.15, 0.2) is 5.82 Å². The first-order valence-corrected chi connectivity index (χ1v) is 7.00. The third kappa shape index (κ3) is 5.26. The van der Waals surface area contributed by atoms with E-state index in [1.165, 1.54) is 0 Å². The Morgan fingerprint density at radius 1 is 1.33 bits per heavy atom. The lowest BCUT2D eigenvalue weighted by molar-refractivity contribution is 0.146. The third-order valence-electron chi connectivity index (χ3n) is 3.10. The molecule has 6 nitrogen and oxygen atoms in total. The van der Waals surface area contributed by atoms with E-state index in [0.717, 1.165) is 5.56 Å². The van der Waals surface area contributed by atoms with Gasteiger partial charge in [0.25, 0.3) is 0 Å². The highest BCUT2D eigenvalue weighted by Gasteiger charge is 2.11. The summed E-state index contributed by atoms with van der Waals surface area (Å²) in [5.41, 5.74) is 1.15. The second-order valence-electron chi connectivity index (χ2n) is 4.81. The van der Waals surface area contributed by atoms with Gasteiger partial charge in [-0.1, -0.05) is 35.5 Å². The van der Waals surface area contributed by atoms with Crippen LogP contribution in [0.3, 0.4) is 0 Å². The molecule has 2 N–H and O–H groups in total. The smallest absolute Gasteiger partial charge is 0.240 e. The van der Waals surface area contributed by atoms with Gasteiger partial charge < -0.3 is 19.7 Å². The van der Waals surface area contributed by atoms with Crippen molar-refractivity contribution in [3.05, 3.63) is 47.6 Å². The topological polar surface area (TPSA) is 80.4 Å². The van der Waals surface area contributed by atoms with Crippen molar-refractivity contribution in [2.24, 2.45) is 0 Å². The van der Waals surface area contributed by atoms with Crippen LogP contribution >= 0.6 is 0 Å². The summed E-state index contributed by atoms with van der Waals surface area (Å²) in [6.45, 7) is 1.12. The minimum absolute atomic E-state index is 0.0736. The number of methoxy groups -OCH3 is 1. The number of benzene rings is 1. The van der Waals surface area contributed by atoms with E-state index in [2.05, 4.69) is 15.5 Å². The zero-order valence-electron chi connectivity index (χ0n) is 12.2. The van der Waals surface area contributed by atoms with Gasteiger partial charge in [-0.25, -0.2) is 0 Å². The number of rotatable bonds is 9. The summed E-state index contributed by atoms with van der Waals surface area (Å²) in [7, 11) is 1.64. The fraction of sp³-hybridized carbons (Fsp3) is 0.467. The minimum Gasteiger partial charge on any atom is -0.396 e. The Kier molecular flexibility index (Phi) is 6.33. The number of hydrogen-bond acceptors (Lipinski definition) is 6. The molecule has 0 saturated carbocycles. The normalized spacial score (nSPS) is 12.5. The van der Waals surface area contributed by atoms with E-state index < -0.39 is 0 Å². The van der Waals surface area contributed by atoms with E-state index in [1.807, 2.05) is 30.3 Å². The molecule has 2 rings (SSSR count). The maximum absolute atomic E-state index is 8.98. The second kappa shape index (κ2) is 8.51. The Morgan fingerprint density at radius 2 is 2.14 bits per heavy atom. The van der Waals surface area contributed by atoms with Gasteiger partial charge in [-0.2, -0.15) is 4.98 Å². The van der Waals surface area contributed by atoms with E-state index >= 15 is 0 Å². The van der Waals surface area contributed by atoms with Crippen LogP contribution in [0.1, 0.15) is 23.7 Å². The lowest BCUT2D eigenvalue weighted by Gasteiger charge is -2.14. The van der Waals surface area contributed by atoms with Crippen LogP contribution in [0.25, 0.3) is 0 Å². The molecule has 0 fully saturated rings. The van der Waals surface area contributed by atoms with Gasteiger partial charge >= 0.3 is 0 Å². The molecule has 0 saturated heterocycles. The van der Waals surface area contributed by atoms with Gasteiger partial charge in [-0.05, 0) is 12.0 Å². The van der Waals surface area contributed by atoms with Crippen molar-refractivity contribution in [3.63, 3.8) is 0 Å². The van der Waals surface area contributed by atoms with E-state index in [-0.39, 0.29) is 12.6 Å². The SMILES string of the molecule is COCC(CCO)NCc1nc(Cc2ccccc2)no1. The van der Waals surface area contributed by atoms with Gasteiger partial charge in [0.05, 0.1) is 13.2 Å². The van der Waals surface area contributed by atoms with Gasteiger partial charge in [0, 0.05) is 26.2 Å². The van der Waals surface area contributed by atoms with Crippen LogP contribution in [0.5, 0.6) is 0 Å². The van der Waals surface area contributed by atoms with Crippen LogP contribution in [0.2, 0.25) is 0 Å². The monoisotopic (exact) mass is 291 g/mol. The van der Waals surface area contributed by atoms with Crippen LogP contribution in [0.4, 0.5) is 0 Å². The highest BCUT2D eigenvalue weighted by molar-refractivity contribution is 5.18. The number of aliphatic hydroxyl groups excluding tert-OH is 1. The fourth-order valence-corrected chi connectivity index (χ4v) is 2.05. The van der Waals surface area contributed by atoms with Gasteiger partial charge in [-0.3, -0.25) is 0 Å². The zero-order valence-corrected chi connectivity index (χ0v) is 12.2. The zero-order chi connectivity index (χ0) is 14.9. The van der Waals surface area contributed by atoms with E-state index in [1.54, 1.807) is 7.11 Å². The lowest BCUT2D eigenvalue weighted by Crippen LogP contribution is -2.33. The first-order chi connectivity index (χ1) is 10.3. The quantitative estimate of drug-likeness (QED) is 0.721. The van der Waals surface area contributed by atoms with Crippen LogP contribution in [0.15, 0.2) is 34.9 Å². The Hall–Kier alpha value is -1.76. The molecule has 6 heteroatoms. The summed E-state index contributed by atoms with van der Waals surface area (Å²) in [6, 6.07) is 10.1. The number of aliphatic hydroxyl groups is 1. The summed E-state index contributed by atoms with van der Waals surface area (Å²) in [4.78, 5) is 4.35. The molecule has 0 radical (unpaired) electrons. The van der Waals surface area contributed by atoms with Gasteiger partial charge in [-0.15, -0.1) is 0 Å². The average molecular weight is 291 g/mol. The van der Waals surface area contributed by atoms with Crippen molar-refractivity contribution in [3.8, 4) is 0 Å². The fourth-order valence-electron chi connectivity index (χ4n) is 2.05. The summed E-state index contributed by atoms with van der Waals surface area (Å²) in [6.07, 6.45) is 1.28. The minimum atomic E-state index is 0.0736. The second-order valence-corrected chi connectivity index (χ2v) is 4.81. The van der Waals surface area contributed by atoms with Crippen LogP contribution in [-0.2, 0) is 17.7 Å². The van der Waals surface area contributed by atoms with Crippen molar-refractivity contribution in [1.82, 2.24) is 15.5 Å². The molecule has 1 aromatic heterocycles. The summed E-state index contributed by atoms with van der Waals surface area (Å²) < 4.78 is 10.3. The number of nitrogens with zero attached hydrogens (tertiary/aromatic N) is 2. The van der Waals surface area contributed by atoms with Crippen LogP contribution < -0.4 is 5.32 Å². The van der Waals surface area contributed by atoms with Crippen molar-refractivity contribution in [2.45, 2.75) is 25.4 Å². The van der Waals surface area contributed by atoms with Crippen molar-refractivity contribution in [1.29, 1.82) is 0 Å². The molecule has 0 spiro atoms. The molecule has 1 atom stereocenters. The van der Waals surface area contributed by atoms with Crippen LogP contribution in [-0.4, -0.2) is 41.6 Å². The highest BCUT2D eigenvalue weighted by atomic mass is 16.5. The molecular weight excluding hydrogens is 270 g/mol.